The van der Waals surface area contributed by atoms with Crippen molar-refractivity contribution in [3.05, 3.63) is 24.0 Å². The molecule has 1 heterocycles. The van der Waals surface area contributed by atoms with E-state index in [2.05, 4.69) is 4.98 Å². The SMILES string of the molecule is NCCC(F)Cc1cnccc1N. The molecule has 0 spiro atoms. The second-order valence-electron chi connectivity index (χ2n) is 2.95. The van der Waals surface area contributed by atoms with Crippen LogP contribution in [0.4, 0.5) is 10.1 Å². The van der Waals surface area contributed by atoms with Crippen LogP contribution in [-0.2, 0) is 6.42 Å². The average Bonchev–Trinajstić information content (AvgIpc) is 2.09. The Morgan fingerprint density at radius 1 is 1.54 bits per heavy atom. The smallest absolute Gasteiger partial charge is 0.105 e. The molecule has 13 heavy (non-hydrogen) atoms. The Hall–Kier alpha value is -1.16. The lowest BCUT2D eigenvalue weighted by atomic mass is 10.1. The number of nitrogens with zero attached hydrogens (tertiary/aromatic N) is 1. The highest BCUT2D eigenvalue weighted by atomic mass is 19.1. The Balaban J connectivity index is 2.58. The Morgan fingerprint density at radius 2 is 2.31 bits per heavy atom. The molecule has 0 fully saturated rings. The van der Waals surface area contributed by atoms with Gasteiger partial charge in [-0.05, 0) is 24.6 Å². The van der Waals surface area contributed by atoms with Crippen molar-refractivity contribution in [2.45, 2.75) is 19.0 Å². The van der Waals surface area contributed by atoms with Gasteiger partial charge in [0.15, 0.2) is 0 Å². The molecule has 1 aromatic heterocycles. The van der Waals surface area contributed by atoms with Gasteiger partial charge in [-0.1, -0.05) is 0 Å². The Morgan fingerprint density at radius 3 is 2.92 bits per heavy atom. The van der Waals surface area contributed by atoms with Crippen molar-refractivity contribution in [2.24, 2.45) is 5.73 Å². The van der Waals surface area contributed by atoms with Gasteiger partial charge >= 0.3 is 0 Å². The van der Waals surface area contributed by atoms with Gasteiger partial charge in [0.1, 0.15) is 6.17 Å². The number of hydrogen-bond acceptors (Lipinski definition) is 3. The number of nitrogen functional groups attached to an aromatic ring is 1. The number of rotatable bonds is 4. The van der Waals surface area contributed by atoms with Crippen LogP contribution in [0.5, 0.6) is 0 Å². The van der Waals surface area contributed by atoms with E-state index in [1.807, 2.05) is 0 Å². The van der Waals surface area contributed by atoms with Crippen molar-refractivity contribution in [1.29, 1.82) is 0 Å². The molecule has 0 amide bonds. The third-order valence-corrected chi connectivity index (χ3v) is 1.86. The zero-order chi connectivity index (χ0) is 9.68. The van der Waals surface area contributed by atoms with E-state index in [1.165, 1.54) is 0 Å². The van der Waals surface area contributed by atoms with E-state index in [-0.39, 0.29) is 0 Å². The fourth-order valence-electron chi connectivity index (χ4n) is 1.13. The summed E-state index contributed by atoms with van der Waals surface area (Å²) in [4.78, 5) is 3.88. The van der Waals surface area contributed by atoms with Crippen molar-refractivity contribution in [1.82, 2.24) is 4.98 Å². The van der Waals surface area contributed by atoms with E-state index in [0.29, 0.717) is 25.1 Å². The maximum Gasteiger partial charge on any atom is 0.105 e. The second-order valence-corrected chi connectivity index (χ2v) is 2.95. The molecule has 1 rings (SSSR count). The van der Waals surface area contributed by atoms with Gasteiger partial charge in [-0.25, -0.2) is 4.39 Å². The van der Waals surface area contributed by atoms with Crippen LogP contribution >= 0.6 is 0 Å². The number of anilines is 1. The zero-order valence-corrected chi connectivity index (χ0v) is 7.41. The van der Waals surface area contributed by atoms with Crippen LogP contribution in [-0.4, -0.2) is 17.7 Å². The molecule has 0 radical (unpaired) electrons. The zero-order valence-electron chi connectivity index (χ0n) is 7.41. The van der Waals surface area contributed by atoms with Crippen molar-refractivity contribution >= 4 is 5.69 Å². The topological polar surface area (TPSA) is 64.9 Å². The summed E-state index contributed by atoms with van der Waals surface area (Å²) < 4.78 is 13.1. The van der Waals surface area contributed by atoms with Crippen LogP contribution < -0.4 is 11.5 Å². The van der Waals surface area contributed by atoms with Gasteiger partial charge in [-0.15, -0.1) is 0 Å². The van der Waals surface area contributed by atoms with E-state index >= 15 is 0 Å². The number of aromatic nitrogens is 1. The van der Waals surface area contributed by atoms with E-state index in [9.17, 15) is 4.39 Å². The monoisotopic (exact) mass is 183 g/mol. The maximum atomic E-state index is 13.1. The van der Waals surface area contributed by atoms with E-state index in [0.717, 1.165) is 5.56 Å². The van der Waals surface area contributed by atoms with E-state index < -0.39 is 6.17 Å². The molecular formula is C9H14FN3. The van der Waals surface area contributed by atoms with Gasteiger partial charge in [0.25, 0.3) is 0 Å². The molecule has 0 aliphatic heterocycles. The Labute approximate surface area is 77.0 Å². The molecule has 1 unspecified atom stereocenters. The Kier molecular flexibility index (Phi) is 3.64. The van der Waals surface area contributed by atoms with E-state index in [4.69, 9.17) is 11.5 Å². The molecule has 72 valence electrons. The van der Waals surface area contributed by atoms with Gasteiger partial charge in [0, 0.05) is 24.5 Å². The van der Waals surface area contributed by atoms with Crippen LogP contribution in [0.3, 0.4) is 0 Å². The fraction of sp³-hybridized carbons (Fsp3) is 0.444. The first kappa shape index (κ1) is 9.92. The minimum atomic E-state index is -0.920. The summed E-state index contributed by atoms with van der Waals surface area (Å²) in [5.41, 5.74) is 12.2. The quantitative estimate of drug-likeness (QED) is 0.728. The minimum Gasteiger partial charge on any atom is -0.398 e. The third kappa shape index (κ3) is 2.99. The highest BCUT2D eigenvalue weighted by Gasteiger charge is 2.08. The Bertz CT molecular complexity index is 265. The predicted octanol–water partition coefficient (Wildman–Crippen LogP) is 0.893. The first-order chi connectivity index (χ1) is 6.24. The first-order valence-electron chi connectivity index (χ1n) is 4.26. The summed E-state index contributed by atoms with van der Waals surface area (Å²) in [6.07, 6.45) is 2.94. The standard InChI is InChI=1S/C9H14FN3/c10-8(1-3-11)5-7-6-13-4-2-9(7)12/h2,4,6,8H,1,3,5,11H2,(H2,12,13). The summed E-state index contributed by atoms with van der Waals surface area (Å²) >= 11 is 0. The van der Waals surface area contributed by atoms with Crippen LogP contribution in [0, 0.1) is 0 Å². The number of pyridine rings is 1. The maximum absolute atomic E-state index is 13.1. The molecule has 0 bridgehead atoms. The molecular weight excluding hydrogens is 169 g/mol. The van der Waals surface area contributed by atoms with Gasteiger partial charge in [-0.3, -0.25) is 4.98 Å². The average molecular weight is 183 g/mol. The lowest BCUT2D eigenvalue weighted by Gasteiger charge is -2.07. The van der Waals surface area contributed by atoms with Gasteiger partial charge in [0.2, 0.25) is 0 Å². The van der Waals surface area contributed by atoms with Crippen LogP contribution in [0.25, 0.3) is 0 Å². The molecule has 0 saturated carbocycles. The van der Waals surface area contributed by atoms with Crippen LogP contribution in [0.15, 0.2) is 18.5 Å². The van der Waals surface area contributed by atoms with Gasteiger partial charge < -0.3 is 11.5 Å². The summed E-state index contributed by atoms with van der Waals surface area (Å²) in [6, 6.07) is 1.67. The van der Waals surface area contributed by atoms with Crippen molar-refractivity contribution in [3.8, 4) is 0 Å². The number of halogens is 1. The summed E-state index contributed by atoms with van der Waals surface area (Å²) in [5.74, 6) is 0. The summed E-state index contributed by atoms with van der Waals surface area (Å²) in [5, 5.41) is 0. The second kappa shape index (κ2) is 4.77. The first-order valence-corrected chi connectivity index (χ1v) is 4.26. The van der Waals surface area contributed by atoms with Gasteiger partial charge in [0.05, 0.1) is 0 Å². The normalized spacial score (nSPS) is 12.8. The molecule has 0 saturated heterocycles. The highest BCUT2D eigenvalue weighted by molar-refractivity contribution is 5.44. The molecule has 0 aromatic carbocycles. The number of hydrogen-bond donors (Lipinski definition) is 2. The molecule has 4 heteroatoms. The van der Waals surface area contributed by atoms with Crippen LogP contribution in [0.2, 0.25) is 0 Å². The summed E-state index contributed by atoms with van der Waals surface area (Å²) in [6.45, 7) is 0.362. The number of alkyl halides is 1. The summed E-state index contributed by atoms with van der Waals surface area (Å²) in [7, 11) is 0. The van der Waals surface area contributed by atoms with Crippen molar-refractivity contribution in [3.63, 3.8) is 0 Å². The lowest BCUT2D eigenvalue weighted by Crippen LogP contribution is -2.12. The van der Waals surface area contributed by atoms with E-state index in [1.54, 1.807) is 18.5 Å². The van der Waals surface area contributed by atoms with Crippen LogP contribution in [0.1, 0.15) is 12.0 Å². The van der Waals surface area contributed by atoms with Crippen molar-refractivity contribution in [2.75, 3.05) is 12.3 Å². The minimum absolute atomic E-state index is 0.302. The largest absolute Gasteiger partial charge is 0.398 e. The fourth-order valence-corrected chi connectivity index (χ4v) is 1.13. The molecule has 0 aliphatic carbocycles. The molecule has 1 atom stereocenters. The number of nitrogens with two attached hydrogens (primary N) is 2. The third-order valence-electron chi connectivity index (χ3n) is 1.86. The molecule has 4 N–H and O–H groups in total. The molecule has 1 aromatic rings. The predicted molar refractivity (Wildman–Crippen MR) is 50.9 cm³/mol. The highest BCUT2D eigenvalue weighted by Crippen LogP contribution is 2.13. The van der Waals surface area contributed by atoms with Crippen molar-refractivity contribution < 1.29 is 4.39 Å². The molecule has 0 aliphatic rings. The lowest BCUT2D eigenvalue weighted by molar-refractivity contribution is 0.316. The van der Waals surface area contributed by atoms with Gasteiger partial charge in [-0.2, -0.15) is 0 Å². The molecule has 3 nitrogen and oxygen atoms in total.